The van der Waals surface area contributed by atoms with Crippen molar-refractivity contribution in [1.29, 1.82) is 0 Å². The molecule has 0 N–H and O–H groups in total. The van der Waals surface area contributed by atoms with Crippen LogP contribution in [0, 0.1) is 0 Å². The highest BCUT2D eigenvalue weighted by atomic mass is 32.2. The highest BCUT2D eigenvalue weighted by molar-refractivity contribution is 7.99. The van der Waals surface area contributed by atoms with E-state index in [9.17, 15) is 0 Å². The van der Waals surface area contributed by atoms with E-state index in [2.05, 4.69) is 92.7 Å². The van der Waals surface area contributed by atoms with Gasteiger partial charge in [0.2, 0.25) is 0 Å². The molecule has 0 fully saturated rings. The van der Waals surface area contributed by atoms with Gasteiger partial charge in [-0.05, 0) is 70.8 Å². The van der Waals surface area contributed by atoms with Gasteiger partial charge in [-0.1, -0.05) is 169 Å². The summed E-state index contributed by atoms with van der Waals surface area (Å²) in [7, 11) is 0. The molecule has 73 heavy (non-hydrogen) atoms. The molecule has 8 aromatic carbocycles. The first kappa shape index (κ1) is 44.4. The van der Waals surface area contributed by atoms with E-state index in [1.165, 1.54) is 0 Å². The Morgan fingerprint density at radius 3 is 0.699 bits per heavy atom. The average Bonchev–Trinajstić information content (AvgIpc) is 3.48. The van der Waals surface area contributed by atoms with Gasteiger partial charge in [0.15, 0.2) is 46.6 Å². The maximum absolute atomic E-state index is 4.98. The van der Waals surface area contributed by atoms with Crippen molar-refractivity contribution in [2.24, 2.45) is 0 Å². The monoisotopic (exact) mass is 958 g/mol. The van der Waals surface area contributed by atoms with E-state index in [1.54, 1.807) is 37.1 Å². The predicted octanol–water partition coefficient (Wildman–Crippen LogP) is 13.2. The third-order valence-electron chi connectivity index (χ3n) is 11.9. The lowest BCUT2D eigenvalue weighted by atomic mass is 9.98. The fourth-order valence-corrected chi connectivity index (χ4v) is 9.56. The van der Waals surface area contributed by atoms with E-state index in [-0.39, 0.29) is 0 Å². The first-order chi connectivity index (χ1) is 36.1. The van der Waals surface area contributed by atoms with Crippen LogP contribution in [0.2, 0.25) is 0 Å². The summed E-state index contributed by atoms with van der Waals surface area (Å²) in [5, 5.41) is 0. The van der Waals surface area contributed by atoms with Crippen LogP contribution in [-0.4, -0.2) is 59.8 Å². The van der Waals surface area contributed by atoms with Gasteiger partial charge in [0.1, 0.15) is 25.3 Å². The lowest BCUT2D eigenvalue weighted by Crippen LogP contribution is -1.98. The van der Waals surface area contributed by atoms with Gasteiger partial charge in [0.25, 0.3) is 0 Å². The minimum atomic E-state index is 0.517. The molecule has 0 radical (unpaired) electrons. The fraction of sp³-hybridized carbons (Fsp3) is 0. The molecule has 0 aliphatic heterocycles. The van der Waals surface area contributed by atoms with Gasteiger partial charge in [0, 0.05) is 54.3 Å². The van der Waals surface area contributed by atoms with Gasteiger partial charge >= 0.3 is 0 Å². The van der Waals surface area contributed by atoms with Gasteiger partial charge in [-0.15, -0.1) is 0 Å². The van der Waals surface area contributed by atoms with Crippen LogP contribution in [0.15, 0.2) is 241 Å². The Hall–Kier alpha value is -9.85. The summed E-state index contributed by atoms with van der Waals surface area (Å²) in [4.78, 5) is 58.9. The second-order valence-corrected chi connectivity index (χ2v) is 17.8. The van der Waals surface area contributed by atoms with E-state index in [1.807, 2.05) is 133 Å². The second kappa shape index (κ2) is 20.2. The molecule has 12 nitrogen and oxygen atoms in total. The van der Waals surface area contributed by atoms with Crippen molar-refractivity contribution in [3.05, 3.63) is 232 Å². The van der Waals surface area contributed by atoms with Crippen LogP contribution in [0.5, 0.6) is 0 Å². The molecule has 0 aliphatic rings. The van der Waals surface area contributed by atoms with Crippen LogP contribution in [0.3, 0.4) is 0 Å². The number of rotatable bonds is 12. The molecule has 0 bridgehead atoms. The van der Waals surface area contributed by atoms with E-state index >= 15 is 0 Å². The zero-order chi connectivity index (χ0) is 48.8. The highest BCUT2D eigenvalue weighted by Gasteiger charge is 2.19. The van der Waals surface area contributed by atoms with Gasteiger partial charge in [-0.3, -0.25) is 0 Å². The molecule has 12 aromatic rings. The largest absolute Gasteiger partial charge is 0.217 e. The zero-order valence-corrected chi connectivity index (χ0v) is 39.5. The molecular weight excluding hydrogens is 921 g/mol. The third-order valence-corrected chi connectivity index (χ3v) is 13.1. The molecule has 13 heteroatoms. The van der Waals surface area contributed by atoms with Gasteiger partial charge in [0.05, 0.1) is 0 Å². The van der Waals surface area contributed by atoms with Crippen LogP contribution < -0.4 is 0 Å². The topological polar surface area (TPSA) is 155 Å². The predicted molar refractivity (Wildman–Crippen MR) is 285 cm³/mol. The van der Waals surface area contributed by atoms with E-state index in [0.717, 1.165) is 76.6 Å². The SMILES string of the molecule is c1ccc(-c2ncnc(-c3cc(-c4ncnc(-c5ccccc5)n4)cc(-c4ccccc4Sc4ccccc4-c4cc(-c5ncnc(-c6ccccc6)n5)cc(-c5ncnc(-c6ccccc6)n5)c4)c3)n2)cc1. The maximum Gasteiger partial charge on any atom is 0.163 e. The number of hydrogen-bond acceptors (Lipinski definition) is 13. The van der Waals surface area contributed by atoms with Crippen molar-refractivity contribution in [3.63, 3.8) is 0 Å². The summed E-state index contributed by atoms with van der Waals surface area (Å²) in [5.41, 5.74) is 10.5. The lowest BCUT2D eigenvalue weighted by Gasteiger charge is -2.16. The number of hydrogen-bond donors (Lipinski definition) is 0. The van der Waals surface area contributed by atoms with Crippen molar-refractivity contribution in [1.82, 2.24) is 59.8 Å². The molecule has 4 heterocycles. The van der Waals surface area contributed by atoms with Gasteiger partial charge in [-0.25, -0.2) is 59.8 Å². The molecule has 12 rings (SSSR count). The molecule has 0 aliphatic carbocycles. The van der Waals surface area contributed by atoms with Crippen molar-refractivity contribution >= 4 is 11.8 Å². The van der Waals surface area contributed by atoms with Gasteiger partial charge in [-0.2, -0.15) is 0 Å². The summed E-state index contributed by atoms with van der Waals surface area (Å²) < 4.78 is 0. The van der Waals surface area contributed by atoms with Crippen LogP contribution in [0.1, 0.15) is 0 Å². The van der Waals surface area contributed by atoms with Crippen LogP contribution in [0.25, 0.3) is 113 Å². The Balaban J connectivity index is 0.975. The first-order valence-corrected chi connectivity index (χ1v) is 24.1. The zero-order valence-electron chi connectivity index (χ0n) is 38.7. The summed E-state index contributed by atoms with van der Waals surface area (Å²) >= 11 is 1.67. The first-order valence-electron chi connectivity index (χ1n) is 23.3. The molecule has 0 spiro atoms. The summed E-state index contributed by atoms with van der Waals surface area (Å²) in [6.45, 7) is 0. The lowest BCUT2D eigenvalue weighted by molar-refractivity contribution is 1.06. The van der Waals surface area contributed by atoms with Crippen molar-refractivity contribution in [3.8, 4) is 113 Å². The molecular formula is C60H38N12S. The Kier molecular flexibility index (Phi) is 12.3. The molecule has 0 amide bonds. The molecule has 0 atom stereocenters. The molecule has 0 saturated carbocycles. The molecule has 0 unspecified atom stereocenters. The standard InChI is InChI=1S/C60H38N12S/c1-5-17-39(18-6-1)53-61-35-65-57(69-53)45-29-43(30-46(33-45)58-66-36-62-54(70-58)40-19-7-2-8-20-40)49-25-13-15-27-51(49)73-52-28-16-14-26-50(52)44-31-47(59-67-37-63-55(71-59)41-21-9-3-10-22-41)34-48(32-44)60-68-38-64-56(72-60)42-23-11-4-12-24-42/h1-38H. The van der Waals surface area contributed by atoms with E-state index < -0.39 is 0 Å². The van der Waals surface area contributed by atoms with Crippen molar-refractivity contribution in [2.75, 3.05) is 0 Å². The second-order valence-electron chi connectivity index (χ2n) is 16.7. The van der Waals surface area contributed by atoms with E-state index in [4.69, 9.17) is 39.9 Å². The third kappa shape index (κ3) is 9.71. The summed E-state index contributed by atoms with van der Waals surface area (Å²) in [6.07, 6.45) is 6.22. The Morgan fingerprint density at radius 2 is 0.425 bits per heavy atom. The number of benzene rings is 8. The summed E-state index contributed by atoms with van der Waals surface area (Å²) in [5.74, 6) is 4.36. The fourth-order valence-electron chi connectivity index (χ4n) is 8.44. The quantitative estimate of drug-likeness (QED) is 0.114. The average molecular weight is 959 g/mol. The molecule has 4 aromatic heterocycles. The molecule has 344 valence electrons. The Morgan fingerprint density at radius 1 is 0.205 bits per heavy atom. The Bertz CT molecular complexity index is 3450. The minimum absolute atomic E-state index is 0.517. The number of aromatic nitrogens is 12. The highest BCUT2D eigenvalue weighted by Crippen LogP contribution is 2.43. The van der Waals surface area contributed by atoms with Crippen molar-refractivity contribution in [2.45, 2.75) is 9.79 Å². The number of nitrogens with zero attached hydrogens (tertiary/aromatic N) is 12. The smallest absolute Gasteiger partial charge is 0.163 e. The van der Waals surface area contributed by atoms with Crippen LogP contribution in [-0.2, 0) is 0 Å². The summed E-state index contributed by atoms with van der Waals surface area (Å²) in [6, 6.07) is 68.9. The Labute approximate surface area is 424 Å². The molecule has 0 saturated heterocycles. The van der Waals surface area contributed by atoms with Crippen LogP contribution in [0.4, 0.5) is 0 Å². The maximum atomic E-state index is 4.98. The van der Waals surface area contributed by atoms with Gasteiger partial charge < -0.3 is 0 Å². The van der Waals surface area contributed by atoms with E-state index in [0.29, 0.717) is 46.6 Å². The normalized spacial score (nSPS) is 11.1. The minimum Gasteiger partial charge on any atom is -0.217 e. The van der Waals surface area contributed by atoms with Crippen LogP contribution >= 0.6 is 11.8 Å². The van der Waals surface area contributed by atoms with Crippen molar-refractivity contribution < 1.29 is 0 Å².